The molecule has 4 aromatic rings. The Morgan fingerprint density at radius 2 is 1.46 bits per heavy atom. The van der Waals surface area contributed by atoms with Crippen LogP contribution in [0.25, 0.3) is 11.4 Å². The van der Waals surface area contributed by atoms with Gasteiger partial charge >= 0.3 is 5.97 Å². The van der Waals surface area contributed by atoms with Crippen LogP contribution in [0.1, 0.15) is 27.1 Å². The van der Waals surface area contributed by atoms with Gasteiger partial charge in [-0.15, -0.1) is 0 Å². The van der Waals surface area contributed by atoms with Crippen molar-refractivity contribution in [3.63, 3.8) is 0 Å². The number of likely N-dealkylation sites (tertiary alicyclic amines) is 1. The summed E-state index contributed by atoms with van der Waals surface area (Å²) < 4.78 is 8.95. The number of halogens is 2. The fraction of sp³-hybridized carbons (Fsp3) is 0.231. The Morgan fingerprint density at radius 1 is 0.919 bits per heavy atom. The minimum atomic E-state index is -0.432. The second-order valence-electron chi connectivity index (χ2n) is 8.87. The number of amides is 1. The van der Waals surface area contributed by atoms with E-state index in [2.05, 4.69) is 20.4 Å². The molecule has 1 N–H and O–H groups in total. The molecule has 2 atom stereocenters. The van der Waals surface area contributed by atoms with Gasteiger partial charge in [-0.3, -0.25) is 9.69 Å². The second-order valence-corrected chi connectivity index (χ2v) is 9.74. The van der Waals surface area contributed by atoms with Gasteiger partial charge in [-0.2, -0.15) is 10.2 Å². The molecule has 2 aromatic heterocycles. The average molecular weight is 539 g/mol. The molecule has 0 aliphatic carbocycles. The highest BCUT2D eigenvalue weighted by Crippen LogP contribution is 2.21. The van der Waals surface area contributed by atoms with Gasteiger partial charge in [0.15, 0.2) is 0 Å². The van der Waals surface area contributed by atoms with Crippen LogP contribution >= 0.6 is 23.2 Å². The van der Waals surface area contributed by atoms with Gasteiger partial charge in [-0.1, -0.05) is 23.2 Å². The minimum absolute atomic E-state index is 0.0323. The number of rotatable bonds is 7. The summed E-state index contributed by atoms with van der Waals surface area (Å²) in [6.07, 6.45) is 6.63. The van der Waals surface area contributed by atoms with Gasteiger partial charge in [0.25, 0.3) is 5.91 Å². The zero-order chi connectivity index (χ0) is 25.9. The standard InChI is InChI=1S/C26H24Cl2N6O3/c1-32-16-24(37-26(36)18-12-31-34(15-18)22-8-4-20(28)5-9-22)10-23(32)13-29-25(35)17-11-30-33(14-17)21-6-2-19(27)3-7-21/h2-9,11-12,14-15,23-24H,10,13,16H2,1H3,(H,29,35)/t23-,24+/m0/s1. The maximum Gasteiger partial charge on any atom is 0.341 e. The van der Waals surface area contributed by atoms with Crippen LogP contribution in [0.2, 0.25) is 10.0 Å². The first-order chi connectivity index (χ1) is 17.9. The number of hydrogen-bond acceptors (Lipinski definition) is 6. The molecule has 0 spiro atoms. The second kappa shape index (κ2) is 10.8. The first-order valence-electron chi connectivity index (χ1n) is 11.7. The first kappa shape index (κ1) is 25.0. The Morgan fingerprint density at radius 3 is 2.05 bits per heavy atom. The molecule has 190 valence electrons. The highest BCUT2D eigenvalue weighted by Gasteiger charge is 2.32. The molecule has 0 bridgehead atoms. The predicted molar refractivity (Wildman–Crippen MR) is 140 cm³/mol. The molecule has 0 radical (unpaired) electrons. The van der Waals surface area contributed by atoms with Crippen LogP contribution in [-0.2, 0) is 4.74 Å². The SMILES string of the molecule is CN1C[C@H](OC(=O)c2cnn(-c3ccc(Cl)cc3)c2)C[C@H]1CNC(=O)c1cnn(-c2ccc(Cl)cc2)c1. The molecule has 3 heterocycles. The van der Waals surface area contributed by atoms with E-state index in [1.807, 2.05) is 31.3 Å². The molecule has 1 aliphatic heterocycles. The summed E-state index contributed by atoms with van der Waals surface area (Å²) in [5.41, 5.74) is 2.42. The third-order valence-corrected chi connectivity index (χ3v) is 6.77. The summed E-state index contributed by atoms with van der Waals surface area (Å²) in [7, 11) is 1.95. The van der Waals surface area contributed by atoms with E-state index in [1.54, 1.807) is 46.0 Å². The Balaban J connectivity index is 1.13. The quantitative estimate of drug-likeness (QED) is 0.357. The number of ether oxygens (including phenoxy) is 1. The summed E-state index contributed by atoms with van der Waals surface area (Å²) in [5, 5.41) is 12.7. The average Bonchev–Trinajstić information content (AvgIpc) is 3.64. The van der Waals surface area contributed by atoms with E-state index < -0.39 is 5.97 Å². The number of likely N-dealkylation sites (N-methyl/N-ethyl adjacent to an activating group) is 1. The Bertz CT molecular complexity index is 1400. The molecule has 1 aliphatic rings. The molecule has 1 amide bonds. The Hall–Kier alpha value is -3.66. The van der Waals surface area contributed by atoms with Crippen LogP contribution in [0.15, 0.2) is 73.3 Å². The van der Waals surface area contributed by atoms with E-state index >= 15 is 0 Å². The number of carbonyl (C=O) groups excluding carboxylic acids is 2. The smallest absolute Gasteiger partial charge is 0.341 e. The lowest BCUT2D eigenvalue weighted by Crippen LogP contribution is -2.38. The van der Waals surface area contributed by atoms with Gasteiger partial charge in [-0.05, 0) is 55.6 Å². The van der Waals surface area contributed by atoms with Crippen LogP contribution in [0.3, 0.4) is 0 Å². The third-order valence-electron chi connectivity index (χ3n) is 6.27. The van der Waals surface area contributed by atoms with Crippen molar-refractivity contribution in [3.05, 3.63) is 94.5 Å². The number of nitrogens with zero attached hydrogens (tertiary/aromatic N) is 5. The van der Waals surface area contributed by atoms with Crippen molar-refractivity contribution in [2.45, 2.75) is 18.6 Å². The monoisotopic (exact) mass is 538 g/mol. The van der Waals surface area contributed by atoms with Crippen LogP contribution < -0.4 is 5.32 Å². The summed E-state index contributed by atoms with van der Waals surface area (Å²) in [4.78, 5) is 27.5. The summed E-state index contributed by atoms with van der Waals surface area (Å²) >= 11 is 11.9. The molecule has 9 nitrogen and oxygen atoms in total. The Kier molecular flexibility index (Phi) is 7.27. The van der Waals surface area contributed by atoms with E-state index in [0.29, 0.717) is 40.7 Å². The van der Waals surface area contributed by atoms with Crippen molar-refractivity contribution in [2.75, 3.05) is 20.1 Å². The highest BCUT2D eigenvalue weighted by molar-refractivity contribution is 6.30. The van der Waals surface area contributed by atoms with Crippen LogP contribution in [0.5, 0.6) is 0 Å². The number of aromatic nitrogens is 4. The lowest BCUT2D eigenvalue weighted by atomic mass is 10.2. The van der Waals surface area contributed by atoms with Crippen molar-refractivity contribution in [1.82, 2.24) is 29.8 Å². The van der Waals surface area contributed by atoms with E-state index in [0.717, 1.165) is 11.4 Å². The highest BCUT2D eigenvalue weighted by atomic mass is 35.5. The van der Waals surface area contributed by atoms with Crippen molar-refractivity contribution >= 4 is 35.1 Å². The molecular formula is C26H24Cl2N6O3. The largest absolute Gasteiger partial charge is 0.457 e. The molecule has 5 rings (SSSR count). The summed E-state index contributed by atoms with van der Waals surface area (Å²) in [6, 6.07) is 14.4. The first-order valence-corrected chi connectivity index (χ1v) is 12.4. The number of hydrogen-bond donors (Lipinski definition) is 1. The fourth-order valence-corrected chi connectivity index (χ4v) is 4.48. The van der Waals surface area contributed by atoms with Gasteiger partial charge in [-0.25, -0.2) is 14.2 Å². The van der Waals surface area contributed by atoms with Crippen molar-refractivity contribution in [2.24, 2.45) is 0 Å². The van der Waals surface area contributed by atoms with E-state index in [1.165, 1.54) is 12.4 Å². The van der Waals surface area contributed by atoms with Gasteiger partial charge in [0.1, 0.15) is 6.10 Å². The van der Waals surface area contributed by atoms with Crippen LogP contribution in [-0.4, -0.2) is 68.6 Å². The molecular weight excluding hydrogens is 515 g/mol. The molecule has 2 aromatic carbocycles. The zero-order valence-electron chi connectivity index (χ0n) is 19.9. The van der Waals surface area contributed by atoms with E-state index in [9.17, 15) is 9.59 Å². The number of nitrogens with one attached hydrogen (secondary N) is 1. The fourth-order valence-electron chi connectivity index (χ4n) is 4.22. The van der Waals surface area contributed by atoms with E-state index in [-0.39, 0.29) is 18.1 Å². The number of esters is 1. The van der Waals surface area contributed by atoms with Gasteiger partial charge in [0, 0.05) is 48.0 Å². The van der Waals surface area contributed by atoms with Crippen molar-refractivity contribution < 1.29 is 14.3 Å². The van der Waals surface area contributed by atoms with Crippen molar-refractivity contribution in [1.29, 1.82) is 0 Å². The molecule has 0 saturated carbocycles. The lowest BCUT2D eigenvalue weighted by molar-refractivity contribution is 0.0326. The maximum atomic E-state index is 12.7. The molecule has 1 saturated heterocycles. The number of benzene rings is 2. The summed E-state index contributed by atoms with van der Waals surface area (Å²) in [5.74, 6) is -0.651. The zero-order valence-corrected chi connectivity index (χ0v) is 21.4. The lowest BCUT2D eigenvalue weighted by Gasteiger charge is -2.18. The van der Waals surface area contributed by atoms with Crippen molar-refractivity contribution in [3.8, 4) is 11.4 Å². The topological polar surface area (TPSA) is 94.3 Å². The number of carbonyl (C=O) groups is 2. The Labute approximate surface area is 223 Å². The van der Waals surface area contributed by atoms with Gasteiger partial charge in [0.2, 0.25) is 0 Å². The summed E-state index contributed by atoms with van der Waals surface area (Å²) in [6.45, 7) is 0.996. The molecule has 11 heteroatoms. The molecule has 37 heavy (non-hydrogen) atoms. The van der Waals surface area contributed by atoms with Crippen LogP contribution in [0, 0.1) is 0 Å². The van der Waals surface area contributed by atoms with E-state index in [4.69, 9.17) is 27.9 Å². The predicted octanol–water partition coefficient (Wildman–Crippen LogP) is 4.02. The van der Waals surface area contributed by atoms with Gasteiger partial charge < -0.3 is 10.1 Å². The normalized spacial score (nSPS) is 17.6. The molecule has 0 unspecified atom stereocenters. The third kappa shape index (κ3) is 5.85. The molecule has 1 fully saturated rings. The van der Waals surface area contributed by atoms with Crippen LogP contribution in [0.4, 0.5) is 0 Å². The maximum absolute atomic E-state index is 12.7. The van der Waals surface area contributed by atoms with Gasteiger partial charge in [0.05, 0.1) is 34.9 Å². The minimum Gasteiger partial charge on any atom is -0.457 e.